The van der Waals surface area contributed by atoms with Crippen molar-refractivity contribution in [3.8, 4) is 0 Å². The van der Waals surface area contributed by atoms with Crippen LogP contribution in [-0.2, 0) is 16.1 Å². The number of hydrogen-bond acceptors (Lipinski definition) is 2. The first-order chi connectivity index (χ1) is 12.1. The smallest absolute Gasteiger partial charge is 0.311 e. The summed E-state index contributed by atoms with van der Waals surface area (Å²) in [5.74, 6) is -0.137. The van der Waals surface area contributed by atoms with Crippen LogP contribution in [0, 0.1) is 21.7 Å². The molecular formula is C25H40O2. The van der Waals surface area contributed by atoms with Gasteiger partial charge in [-0.2, -0.15) is 0 Å². The first-order valence-corrected chi connectivity index (χ1v) is 10.0. The van der Waals surface area contributed by atoms with Crippen molar-refractivity contribution in [2.45, 2.75) is 81.8 Å². The number of allylic oxidation sites excluding steroid dienone is 2. The summed E-state index contributed by atoms with van der Waals surface area (Å²) in [4.78, 5) is 12.7. The van der Waals surface area contributed by atoms with E-state index in [1.807, 2.05) is 44.2 Å². The zero-order valence-electron chi connectivity index (χ0n) is 19.0. The maximum Gasteiger partial charge on any atom is 0.311 e. The Balaban J connectivity index is 2.71. The highest BCUT2D eigenvalue weighted by Gasteiger charge is 2.35. The summed E-state index contributed by atoms with van der Waals surface area (Å²) >= 11 is 0. The Hall–Kier alpha value is -1.57. The summed E-state index contributed by atoms with van der Waals surface area (Å²) in [7, 11) is 0. The second-order valence-corrected chi connectivity index (χ2v) is 11.2. The summed E-state index contributed by atoms with van der Waals surface area (Å²) < 4.78 is 5.59. The summed E-state index contributed by atoms with van der Waals surface area (Å²) in [5.41, 5.74) is 0.831. The molecule has 1 aromatic carbocycles. The number of carbonyl (C=O) groups excluding carboxylic acids is 1. The highest BCUT2D eigenvalue weighted by molar-refractivity contribution is 5.76. The minimum Gasteiger partial charge on any atom is -0.460 e. The van der Waals surface area contributed by atoms with Crippen molar-refractivity contribution in [2.24, 2.45) is 21.7 Å². The molecular weight excluding hydrogens is 332 g/mol. The highest BCUT2D eigenvalue weighted by atomic mass is 16.5. The molecule has 0 N–H and O–H groups in total. The third-order valence-electron chi connectivity index (χ3n) is 4.63. The van der Waals surface area contributed by atoms with Crippen LogP contribution in [0.4, 0.5) is 0 Å². The van der Waals surface area contributed by atoms with Crippen molar-refractivity contribution in [2.75, 3.05) is 0 Å². The standard InChI is InChI=1S/C25H40O2/c1-22(2,3)18-23(4,5)15-16-24(6,7)19-25(8,9)21(26)27-17-20-13-11-10-12-14-20/h10-16H,17-19H2,1-9H3. The molecule has 0 aliphatic carbocycles. The second-order valence-electron chi connectivity index (χ2n) is 11.2. The molecule has 0 saturated carbocycles. The van der Waals surface area contributed by atoms with Gasteiger partial charge in [-0.05, 0) is 48.5 Å². The SMILES string of the molecule is CC(C)(C)CC(C)(C)C=CC(C)(C)CC(C)(C)C(=O)OCc1ccccc1. The van der Waals surface area contributed by atoms with E-state index in [2.05, 4.69) is 60.6 Å². The first kappa shape index (κ1) is 23.5. The Morgan fingerprint density at radius 3 is 1.78 bits per heavy atom. The molecule has 0 saturated heterocycles. The summed E-state index contributed by atoms with van der Waals surface area (Å²) in [6, 6.07) is 9.84. The van der Waals surface area contributed by atoms with Gasteiger partial charge < -0.3 is 4.74 Å². The van der Waals surface area contributed by atoms with Crippen molar-refractivity contribution in [1.82, 2.24) is 0 Å². The lowest BCUT2D eigenvalue weighted by atomic mass is 9.72. The summed E-state index contributed by atoms with van der Waals surface area (Å²) in [6.45, 7) is 20.1. The Morgan fingerprint density at radius 1 is 0.815 bits per heavy atom. The molecule has 0 aromatic heterocycles. The van der Waals surface area contributed by atoms with Crippen molar-refractivity contribution in [3.63, 3.8) is 0 Å². The zero-order valence-corrected chi connectivity index (χ0v) is 19.0. The predicted octanol–water partition coefficient (Wildman–Crippen LogP) is 7.19. The monoisotopic (exact) mass is 372 g/mol. The molecule has 0 amide bonds. The van der Waals surface area contributed by atoms with Crippen molar-refractivity contribution >= 4 is 5.97 Å². The molecule has 2 heteroatoms. The minimum absolute atomic E-state index is 0.0789. The third-order valence-corrected chi connectivity index (χ3v) is 4.63. The van der Waals surface area contributed by atoms with E-state index in [0.29, 0.717) is 12.0 Å². The van der Waals surface area contributed by atoms with Crippen LogP contribution < -0.4 is 0 Å². The predicted molar refractivity (Wildman–Crippen MR) is 115 cm³/mol. The van der Waals surface area contributed by atoms with Crippen molar-refractivity contribution in [1.29, 1.82) is 0 Å². The van der Waals surface area contributed by atoms with Crippen LogP contribution in [0.3, 0.4) is 0 Å². The quantitative estimate of drug-likeness (QED) is 0.356. The second kappa shape index (κ2) is 8.63. The molecule has 27 heavy (non-hydrogen) atoms. The van der Waals surface area contributed by atoms with Crippen LogP contribution in [0.1, 0.15) is 80.7 Å². The van der Waals surface area contributed by atoms with E-state index in [-0.39, 0.29) is 16.8 Å². The number of ether oxygens (including phenoxy) is 1. The van der Waals surface area contributed by atoms with Crippen LogP contribution in [-0.4, -0.2) is 5.97 Å². The molecule has 0 spiro atoms. The van der Waals surface area contributed by atoms with Crippen LogP contribution in [0.25, 0.3) is 0 Å². The summed E-state index contributed by atoms with van der Waals surface area (Å²) in [5, 5.41) is 0. The first-order valence-electron chi connectivity index (χ1n) is 10.0. The van der Waals surface area contributed by atoms with Crippen LogP contribution in [0.5, 0.6) is 0 Å². The fraction of sp³-hybridized carbons (Fsp3) is 0.640. The van der Waals surface area contributed by atoms with Crippen LogP contribution in [0.2, 0.25) is 0 Å². The van der Waals surface area contributed by atoms with Crippen molar-refractivity contribution < 1.29 is 9.53 Å². The third kappa shape index (κ3) is 9.26. The maximum atomic E-state index is 12.7. The molecule has 152 valence electrons. The molecule has 0 unspecified atom stereocenters. The molecule has 0 aliphatic heterocycles. The molecule has 0 fully saturated rings. The lowest BCUT2D eigenvalue weighted by molar-refractivity contribution is -0.156. The number of rotatable bonds is 8. The van der Waals surface area contributed by atoms with E-state index in [0.717, 1.165) is 18.4 Å². The largest absolute Gasteiger partial charge is 0.460 e. The lowest BCUT2D eigenvalue weighted by Gasteiger charge is -2.34. The molecule has 0 heterocycles. The maximum absolute atomic E-state index is 12.7. The van der Waals surface area contributed by atoms with Gasteiger partial charge in [-0.15, -0.1) is 0 Å². The van der Waals surface area contributed by atoms with Gasteiger partial charge in [0.2, 0.25) is 0 Å². The fourth-order valence-electron chi connectivity index (χ4n) is 4.07. The normalized spacial score (nSPS) is 13.8. The molecule has 1 rings (SSSR count). The van der Waals surface area contributed by atoms with Gasteiger partial charge in [-0.25, -0.2) is 0 Å². The van der Waals surface area contributed by atoms with E-state index in [1.165, 1.54) is 0 Å². The van der Waals surface area contributed by atoms with E-state index in [9.17, 15) is 4.79 Å². The van der Waals surface area contributed by atoms with Gasteiger partial charge in [0, 0.05) is 0 Å². The molecule has 0 bridgehead atoms. The van der Waals surface area contributed by atoms with Crippen LogP contribution in [0.15, 0.2) is 42.5 Å². The number of benzene rings is 1. The molecule has 0 aliphatic rings. The Bertz CT molecular complexity index is 628. The highest BCUT2D eigenvalue weighted by Crippen LogP contribution is 2.39. The zero-order chi connectivity index (χ0) is 20.9. The number of esters is 1. The van der Waals surface area contributed by atoms with Gasteiger partial charge in [-0.1, -0.05) is 91.0 Å². The Kier molecular flexibility index (Phi) is 7.50. The van der Waals surface area contributed by atoms with Crippen molar-refractivity contribution in [3.05, 3.63) is 48.0 Å². The lowest BCUT2D eigenvalue weighted by Crippen LogP contribution is -2.31. The van der Waals surface area contributed by atoms with E-state index in [4.69, 9.17) is 4.74 Å². The van der Waals surface area contributed by atoms with Gasteiger partial charge in [0.1, 0.15) is 6.61 Å². The van der Waals surface area contributed by atoms with Gasteiger partial charge >= 0.3 is 5.97 Å². The Morgan fingerprint density at radius 2 is 1.30 bits per heavy atom. The van der Waals surface area contributed by atoms with Gasteiger partial charge in [0.15, 0.2) is 0 Å². The molecule has 1 aromatic rings. The van der Waals surface area contributed by atoms with Gasteiger partial charge in [0.25, 0.3) is 0 Å². The summed E-state index contributed by atoms with van der Waals surface area (Å²) in [6.07, 6.45) is 6.47. The van der Waals surface area contributed by atoms with Crippen LogP contribution >= 0.6 is 0 Å². The fourth-order valence-corrected chi connectivity index (χ4v) is 4.07. The molecule has 0 radical (unpaired) electrons. The average molecular weight is 373 g/mol. The molecule has 2 nitrogen and oxygen atoms in total. The minimum atomic E-state index is -0.531. The van der Waals surface area contributed by atoms with Gasteiger partial charge in [-0.3, -0.25) is 4.79 Å². The average Bonchev–Trinajstić information content (AvgIpc) is 2.49. The Labute approximate surface area is 167 Å². The topological polar surface area (TPSA) is 26.3 Å². The van der Waals surface area contributed by atoms with E-state index < -0.39 is 5.41 Å². The van der Waals surface area contributed by atoms with E-state index in [1.54, 1.807) is 0 Å². The number of carbonyl (C=O) groups is 1. The van der Waals surface area contributed by atoms with E-state index >= 15 is 0 Å². The van der Waals surface area contributed by atoms with Gasteiger partial charge in [0.05, 0.1) is 5.41 Å². The number of hydrogen-bond donors (Lipinski definition) is 0. The molecule has 0 atom stereocenters.